The molecule has 0 spiro atoms. The Balaban J connectivity index is 1.46. The number of likely N-dealkylation sites (tertiary alicyclic amines) is 1. The van der Waals surface area contributed by atoms with Crippen molar-refractivity contribution in [3.05, 3.63) is 0 Å². The molecule has 0 aromatic heterocycles. The largest absolute Gasteiger partial charge is 0.392 e. The number of rotatable bonds is 5. The minimum Gasteiger partial charge on any atom is -0.392 e. The maximum absolute atomic E-state index is 13.0. The Morgan fingerprint density at radius 2 is 1.82 bits per heavy atom. The van der Waals surface area contributed by atoms with Crippen molar-refractivity contribution in [1.29, 1.82) is 0 Å². The van der Waals surface area contributed by atoms with Gasteiger partial charge in [0.2, 0.25) is 11.8 Å². The Kier molecular flexibility index (Phi) is 7.71. The first-order chi connectivity index (χ1) is 13.5. The number of aliphatic hydroxyl groups is 1. The molecule has 3 aliphatic rings. The highest BCUT2D eigenvalue weighted by atomic mass is 16.6. The standard InChI is InChI=1S/C21H37N3O4/c1-28-23-20(26)18-6-5-17(12-19(18)25)21(27)24-9-7-15(8-10-24)16-4-2-3-14(11-16)13-22/h14-19,25H,2-13,22H2,1H3,(H,23,26). The molecule has 160 valence electrons. The monoisotopic (exact) mass is 395 g/mol. The zero-order chi connectivity index (χ0) is 20.1. The van der Waals surface area contributed by atoms with Crippen LogP contribution in [0.2, 0.25) is 0 Å². The molecule has 3 rings (SSSR count). The lowest BCUT2D eigenvalue weighted by atomic mass is 9.72. The fourth-order valence-corrected chi connectivity index (χ4v) is 5.68. The van der Waals surface area contributed by atoms with Crippen LogP contribution in [0.1, 0.15) is 57.8 Å². The second-order valence-corrected chi connectivity index (χ2v) is 9.05. The summed E-state index contributed by atoms with van der Waals surface area (Å²) in [5.74, 6) is 1.38. The maximum Gasteiger partial charge on any atom is 0.249 e. The van der Waals surface area contributed by atoms with Crippen LogP contribution in [0.5, 0.6) is 0 Å². The molecule has 5 atom stereocenters. The summed E-state index contributed by atoms with van der Waals surface area (Å²) in [6, 6.07) is 0. The molecule has 2 aliphatic carbocycles. The van der Waals surface area contributed by atoms with E-state index in [0.717, 1.165) is 44.3 Å². The van der Waals surface area contributed by atoms with Crippen molar-refractivity contribution in [2.24, 2.45) is 35.3 Å². The Hall–Kier alpha value is -1.18. The molecule has 0 aromatic carbocycles. The highest BCUT2D eigenvalue weighted by Crippen LogP contribution is 2.38. The summed E-state index contributed by atoms with van der Waals surface area (Å²) in [5, 5.41) is 10.3. The molecular weight excluding hydrogens is 358 g/mol. The molecule has 4 N–H and O–H groups in total. The highest BCUT2D eigenvalue weighted by Gasteiger charge is 2.39. The van der Waals surface area contributed by atoms with E-state index in [9.17, 15) is 14.7 Å². The average Bonchev–Trinajstić information content (AvgIpc) is 2.73. The minimum absolute atomic E-state index is 0.159. The van der Waals surface area contributed by atoms with Gasteiger partial charge in [-0.3, -0.25) is 14.4 Å². The van der Waals surface area contributed by atoms with Crippen molar-refractivity contribution in [2.45, 2.75) is 63.9 Å². The molecule has 28 heavy (non-hydrogen) atoms. The van der Waals surface area contributed by atoms with Gasteiger partial charge in [-0.2, -0.15) is 0 Å². The van der Waals surface area contributed by atoms with Crippen LogP contribution in [0.3, 0.4) is 0 Å². The Bertz CT molecular complexity index is 536. The number of carbonyl (C=O) groups is 2. The maximum atomic E-state index is 13.0. The molecule has 5 unspecified atom stereocenters. The number of hydrogen-bond donors (Lipinski definition) is 3. The number of hydrogen-bond acceptors (Lipinski definition) is 5. The number of nitrogens with one attached hydrogen (secondary N) is 1. The van der Waals surface area contributed by atoms with Gasteiger partial charge in [0.15, 0.2) is 0 Å². The fraction of sp³-hybridized carbons (Fsp3) is 0.905. The van der Waals surface area contributed by atoms with Crippen LogP contribution in [0, 0.1) is 29.6 Å². The molecule has 1 heterocycles. The van der Waals surface area contributed by atoms with E-state index in [1.807, 2.05) is 4.90 Å². The average molecular weight is 396 g/mol. The zero-order valence-corrected chi connectivity index (χ0v) is 17.1. The first-order valence-electron chi connectivity index (χ1n) is 11.0. The molecule has 3 fully saturated rings. The van der Waals surface area contributed by atoms with E-state index < -0.39 is 12.0 Å². The lowest BCUT2D eigenvalue weighted by Gasteiger charge is -2.41. The molecule has 7 nitrogen and oxygen atoms in total. The van der Waals surface area contributed by atoms with Gasteiger partial charge in [0.1, 0.15) is 0 Å². The van der Waals surface area contributed by atoms with Crippen LogP contribution in [0.4, 0.5) is 0 Å². The van der Waals surface area contributed by atoms with Crippen LogP contribution in [0.25, 0.3) is 0 Å². The van der Waals surface area contributed by atoms with Crippen LogP contribution in [-0.4, -0.2) is 54.7 Å². The van der Waals surface area contributed by atoms with E-state index in [-0.39, 0.29) is 17.7 Å². The molecule has 7 heteroatoms. The summed E-state index contributed by atoms with van der Waals surface area (Å²) >= 11 is 0. The number of nitrogens with zero attached hydrogens (tertiary/aromatic N) is 1. The van der Waals surface area contributed by atoms with Gasteiger partial charge in [-0.15, -0.1) is 0 Å². The molecule has 0 aromatic rings. The molecule has 0 radical (unpaired) electrons. The summed E-state index contributed by atoms with van der Waals surface area (Å²) in [4.78, 5) is 31.5. The van der Waals surface area contributed by atoms with Gasteiger partial charge in [-0.1, -0.05) is 12.8 Å². The fourth-order valence-electron chi connectivity index (χ4n) is 5.68. The Morgan fingerprint density at radius 1 is 1.07 bits per heavy atom. The van der Waals surface area contributed by atoms with Gasteiger partial charge in [-0.25, -0.2) is 5.48 Å². The first kappa shape index (κ1) is 21.5. The van der Waals surface area contributed by atoms with Crippen molar-refractivity contribution < 1.29 is 19.5 Å². The van der Waals surface area contributed by atoms with Crippen molar-refractivity contribution >= 4 is 11.8 Å². The molecule has 2 saturated carbocycles. The van der Waals surface area contributed by atoms with Crippen LogP contribution < -0.4 is 11.2 Å². The molecule has 0 bridgehead atoms. The SMILES string of the molecule is CONC(=O)C1CCC(C(=O)N2CCC(C3CCCC(CN)C3)CC2)CC1O. The minimum atomic E-state index is -0.786. The number of hydroxylamine groups is 1. The van der Waals surface area contributed by atoms with Gasteiger partial charge >= 0.3 is 0 Å². The third-order valence-corrected chi connectivity index (χ3v) is 7.38. The smallest absolute Gasteiger partial charge is 0.249 e. The van der Waals surface area contributed by atoms with E-state index in [2.05, 4.69) is 10.3 Å². The summed E-state index contributed by atoms with van der Waals surface area (Å²) in [5.41, 5.74) is 8.18. The number of nitrogens with two attached hydrogens (primary N) is 1. The van der Waals surface area contributed by atoms with E-state index in [1.165, 1.54) is 32.8 Å². The van der Waals surface area contributed by atoms with Crippen LogP contribution >= 0.6 is 0 Å². The normalized spacial score (nSPS) is 34.8. The van der Waals surface area contributed by atoms with Crippen molar-refractivity contribution in [3.8, 4) is 0 Å². The molecule has 1 aliphatic heterocycles. The number of aliphatic hydroxyl groups excluding tert-OH is 1. The van der Waals surface area contributed by atoms with E-state index >= 15 is 0 Å². The van der Waals surface area contributed by atoms with Gasteiger partial charge in [0.05, 0.1) is 19.1 Å². The summed E-state index contributed by atoms with van der Waals surface area (Å²) in [6.07, 6.45) is 8.06. The van der Waals surface area contributed by atoms with Gasteiger partial charge in [0.25, 0.3) is 0 Å². The van der Waals surface area contributed by atoms with E-state index in [1.54, 1.807) is 0 Å². The Morgan fingerprint density at radius 3 is 2.46 bits per heavy atom. The lowest BCUT2D eigenvalue weighted by Crippen LogP contribution is -2.47. The zero-order valence-electron chi connectivity index (χ0n) is 17.1. The van der Waals surface area contributed by atoms with Gasteiger partial charge < -0.3 is 15.7 Å². The van der Waals surface area contributed by atoms with Gasteiger partial charge in [-0.05, 0) is 69.2 Å². The van der Waals surface area contributed by atoms with Crippen molar-refractivity contribution in [2.75, 3.05) is 26.7 Å². The van der Waals surface area contributed by atoms with Gasteiger partial charge in [0, 0.05) is 19.0 Å². The second kappa shape index (κ2) is 10.0. The first-order valence-corrected chi connectivity index (χ1v) is 11.0. The number of carbonyl (C=O) groups excluding carboxylic acids is 2. The summed E-state index contributed by atoms with van der Waals surface area (Å²) in [6.45, 7) is 2.46. The molecular formula is C21H37N3O4. The van der Waals surface area contributed by atoms with Crippen LogP contribution in [-0.2, 0) is 14.4 Å². The molecule has 2 amide bonds. The highest BCUT2D eigenvalue weighted by molar-refractivity contribution is 5.81. The molecule has 1 saturated heterocycles. The van der Waals surface area contributed by atoms with E-state index in [0.29, 0.717) is 25.2 Å². The van der Waals surface area contributed by atoms with Crippen molar-refractivity contribution in [1.82, 2.24) is 10.4 Å². The summed E-state index contributed by atoms with van der Waals surface area (Å²) in [7, 11) is 1.38. The number of amides is 2. The quantitative estimate of drug-likeness (QED) is 0.611. The Labute approximate surface area is 168 Å². The van der Waals surface area contributed by atoms with Crippen LogP contribution in [0.15, 0.2) is 0 Å². The lowest BCUT2D eigenvalue weighted by molar-refractivity contribution is -0.147. The predicted molar refractivity (Wildman–Crippen MR) is 106 cm³/mol. The number of piperidine rings is 1. The third-order valence-electron chi connectivity index (χ3n) is 7.38. The predicted octanol–water partition coefficient (Wildman–Crippen LogP) is 1.44. The second-order valence-electron chi connectivity index (χ2n) is 9.05. The summed E-state index contributed by atoms with van der Waals surface area (Å²) < 4.78 is 0. The van der Waals surface area contributed by atoms with Crippen molar-refractivity contribution in [3.63, 3.8) is 0 Å². The topological polar surface area (TPSA) is 105 Å². The third kappa shape index (κ3) is 5.05. The van der Waals surface area contributed by atoms with E-state index in [4.69, 9.17) is 5.73 Å².